The molecule has 0 heterocycles. The highest BCUT2D eigenvalue weighted by molar-refractivity contribution is 7.70. The summed E-state index contributed by atoms with van der Waals surface area (Å²) in [5, 5.41) is 0. The highest BCUT2D eigenvalue weighted by atomic mass is 31.3. The van der Waals surface area contributed by atoms with E-state index in [1.165, 1.54) is 18.7 Å². The minimum Gasteiger partial charge on any atom is -0.189 e. The lowest BCUT2D eigenvalue weighted by Crippen LogP contribution is -2.03. The first-order valence-corrected chi connectivity index (χ1v) is 13.5. The molecule has 6 nitrogen and oxygen atoms in total. The molecule has 2 atom stereocenters. The number of hydrogen-bond acceptors (Lipinski definition) is 6. The molecule has 0 aliphatic heterocycles. The third-order valence-electron chi connectivity index (χ3n) is 4.15. The monoisotopic (exact) mass is 438 g/mol. The molecule has 0 aliphatic rings. The molecule has 0 saturated carbocycles. The molecule has 0 aromatic carbocycles. The van der Waals surface area contributed by atoms with Gasteiger partial charge in [0.2, 0.25) is 0 Å². The van der Waals surface area contributed by atoms with Crippen LogP contribution in [0.5, 0.6) is 0 Å². The molecule has 28 heavy (non-hydrogen) atoms. The Kier molecular flexibility index (Phi) is 14.7. The van der Waals surface area contributed by atoms with Crippen LogP contribution in [0.25, 0.3) is 0 Å². The van der Waals surface area contributed by atoms with Crippen molar-refractivity contribution in [3.8, 4) is 0 Å². The average molecular weight is 438 g/mol. The molecule has 0 spiro atoms. The van der Waals surface area contributed by atoms with Crippen molar-refractivity contribution in [3.63, 3.8) is 0 Å². The average Bonchev–Trinajstić information content (AvgIpc) is 2.51. The van der Waals surface area contributed by atoms with Crippen molar-refractivity contribution in [3.05, 3.63) is 35.5 Å². The van der Waals surface area contributed by atoms with E-state index in [0.29, 0.717) is 5.92 Å². The zero-order valence-corrected chi connectivity index (χ0v) is 19.8. The quantitative estimate of drug-likeness (QED) is 0.144. The van der Waals surface area contributed by atoms with Gasteiger partial charge >= 0.3 is 16.1 Å². The van der Waals surface area contributed by atoms with Crippen molar-refractivity contribution >= 4 is 16.1 Å². The third-order valence-corrected chi connectivity index (χ3v) is 6.87. The molecule has 0 saturated heterocycles. The van der Waals surface area contributed by atoms with Crippen molar-refractivity contribution in [2.75, 3.05) is 13.3 Å². The second-order valence-electron chi connectivity index (χ2n) is 7.65. The highest BCUT2D eigenvalue weighted by Crippen LogP contribution is 2.67. The maximum Gasteiger partial charge on any atom is 0.612 e. The van der Waals surface area contributed by atoms with Gasteiger partial charge in [-0.25, -0.2) is 0 Å². The summed E-state index contributed by atoms with van der Waals surface area (Å²) in [6.45, 7) is 9.84. The van der Waals surface area contributed by atoms with Crippen LogP contribution in [0.3, 0.4) is 0 Å². The summed E-state index contributed by atoms with van der Waals surface area (Å²) in [4.78, 5) is 36.3. The number of unbranched alkanes of at least 4 members (excludes halogenated alkanes) is 1. The molecular weight excluding hydrogens is 398 g/mol. The topological polar surface area (TPSA) is 99.4 Å². The number of hydrogen-bond donors (Lipinski definition) is 4. The van der Waals surface area contributed by atoms with E-state index >= 15 is 0 Å². The van der Waals surface area contributed by atoms with E-state index in [9.17, 15) is 4.89 Å². The second-order valence-corrected chi connectivity index (χ2v) is 11.2. The van der Waals surface area contributed by atoms with E-state index in [1.54, 1.807) is 0 Å². The Labute approximate surface area is 172 Å². The first-order chi connectivity index (χ1) is 12.9. The van der Waals surface area contributed by atoms with Gasteiger partial charge in [-0.2, -0.15) is 24.1 Å². The van der Waals surface area contributed by atoms with Gasteiger partial charge in [0.25, 0.3) is 0 Å². The van der Waals surface area contributed by atoms with Gasteiger partial charge in [0.1, 0.15) is 13.3 Å². The molecule has 2 unspecified atom stereocenters. The first-order valence-electron chi connectivity index (χ1n) is 9.87. The van der Waals surface area contributed by atoms with Crippen LogP contribution in [0.1, 0.15) is 72.6 Å². The number of rotatable bonds is 15. The molecule has 0 aliphatic carbocycles. The zero-order chi connectivity index (χ0) is 21.6. The molecule has 0 bridgehead atoms. The van der Waals surface area contributed by atoms with Gasteiger partial charge in [-0.05, 0) is 65.2 Å². The number of allylic oxidation sites excluding steroid dienone is 5. The molecule has 0 rings (SSSR count). The van der Waals surface area contributed by atoms with Crippen molar-refractivity contribution in [2.45, 2.75) is 72.6 Å². The molecule has 0 aromatic rings. The van der Waals surface area contributed by atoms with Crippen LogP contribution in [0.4, 0.5) is 0 Å². The Morgan fingerprint density at radius 1 is 0.929 bits per heavy atom. The van der Waals surface area contributed by atoms with Crippen LogP contribution >= 0.6 is 16.1 Å². The summed E-state index contributed by atoms with van der Waals surface area (Å²) >= 11 is 0. The zero-order valence-electron chi connectivity index (χ0n) is 18.0. The predicted molar refractivity (Wildman–Crippen MR) is 119 cm³/mol. The lowest BCUT2D eigenvalue weighted by atomic mass is 9.97. The van der Waals surface area contributed by atoms with Gasteiger partial charge < -0.3 is 0 Å². The fourth-order valence-electron chi connectivity index (χ4n) is 2.61. The largest absolute Gasteiger partial charge is 0.612 e. The van der Waals surface area contributed by atoms with Crippen LogP contribution < -0.4 is 0 Å². The van der Waals surface area contributed by atoms with Gasteiger partial charge in [-0.1, -0.05) is 48.8 Å². The normalized spacial score (nSPS) is 16.2. The summed E-state index contributed by atoms with van der Waals surface area (Å²) in [5.41, 5.74) is 2.52. The molecule has 164 valence electrons. The van der Waals surface area contributed by atoms with E-state index in [-0.39, 0.29) is 6.61 Å². The van der Waals surface area contributed by atoms with E-state index in [1.807, 2.05) is 13.0 Å². The van der Waals surface area contributed by atoms with E-state index in [0.717, 1.165) is 44.1 Å². The molecular formula is C20H40O6P2+2. The summed E-state index contributed by atoms with van der Waals surface area (Å²) in [6, 6.07) is 0. The Morgan fingerprint density at radius 3 is 2.18 bits per heavy atom. The fraction of sp³-hybridized carbons (Fsp3) is 0.700. The molecule has 4 N–H and O–H groups in total. The maximum atomic E-state index is 9.76. The molecule has 8 heteroatoms. The first kappa shape index (κ1) is 27.8. The van der Waals surface area contributed by atoms with Gasteiger partial charge in [0, 0.05) is 0 Å². The van der Waals surface area contributed by atoms with Crippen LogP contribution in [0.15, 0.2) is 35.5 Å². The minimum atomic E-state index is -4.51. The van der Waals surface area contributed by atoms with Crippen LogP contribution in [-0.4, -0.2) is 32.8 Å². The van der Waals surface area contributed by atoms with E-state index < -0.39 is 16.1 Å². The second kappa shape index (κ2) is 14.8. The van der Waals surface area contributed by atoms with E-state index in [2.05, 4.69) is 43.3 Å². The molecule has 0 fully saturated rings. The Balaban J connectivity index is 3.89. The van der Waals surface area contributed by atoms with Crippen molar-refractivity contribution < 1.29 is 28.4 Å². The van der Waals surface area contributed by atoms with Gasteiger partial charge in [0.05, 0.1) is 4.31 Å². The van der Waals surface area contributed by atoms with Crippen LogP contribution in [0.2, 0.25) is 0 Å². The molecule has 0 amide bonds. The fourth-order valence-corrected chi connectivity index (χ4v) is 4.77. The Hall–Kier alpha value is -0.160. The SMILES string of the molecule is CC(C)=CCC/C=C/CCC(C)CCC/C(C)=C/CO[P+](C)(O)O[P+](O)(O)O. The summed E-state index contributed by atoms with van der Waals surface area (Å²) in [7, 11) is -7.95. The maximum absolute atomic E-state index is 9.76. The minimum absolute atomic E-state index is 0.0969. The summed E-state index contributed by atoms with van der Waals surface area (Å²) in [6.07, 6.45) is 16.4. The van der Waals surface area contributed by atoms with Crippen molar-refractivity contribution in [1.29, 1.82) is 0 Å². The van der Waals surface area contributed by atoms with Gasteiger partial charge in [-0.3, -0.25) is 0 Å². The van der Waals surface area contributed by atoms with Gasteiger partial charge in [-0.15, -0.1) is 0 Å². The standard InChI is InChI=1S/C20H40O6P2/c1-18(2)12-9-7-6-8-10-13-19(3)14-11-15-20(4)16-17-25-27(5,21)26-28(22,23)24/h6,8,12,16,19,21-24H,7,9-11,13-15,17H2,1-5H3/q+2/b8-6+,20-16+. The molecule has 0 radical (unpaired) electrons. The van der Waals surface area contributed by atoms with Crippen LogP contribution in [0, 0.1) is 5.92 Å². The Morgan fingerprint density at radius 2 is 1.57 bits per heavy atom. The lowest BCUT2D eigenvalue weighted by molar-refractivity contribution is 0.193. The third kappa shape index (κ3) is 19.2. The summed E-state index contributed by atoms with van der Waals surface area (Å²) in [5.74, 6) is 0.683. The predicted octanol–water partition coefficient (Wildman–Crippen LogP) is 5.89. The van der Waals surface area contributed by atoms with Crippen molar-refractivity contribution in [1.82, 2.24) is 0 Å². The lowest BCUT2D eigenvalue weighted by Gasteiger charge is -2.11. The Bertz CT molecular complexity index is 505. The molecule has 0 aromatic heterocycles. The van der Waals surface area contributed by atoms with Crippen molar-refractivity contribution in [2.24, 2.45) is 5.92 Å². The van der Waals surface area contributed by atoms with Crippen LogP contribution in [-0.2, 0) is 8.83 Å². The summed E-state index contributed by atoms with van der Waals surface area (Å²) < 4.78 is 9.50. The van der Waals surface area contributed by atoms with E-state index in [4.69, 9.17) is 19.2 Å². The smallest absolute Gasteiger partial charge is 0.189 e. The van der Waals surface area contributed by atoms with Gasteiger partial charge in [0.15, 0.2) is 0 Å². The highest BCUT2D eigenvalue weighted by Gasteiger charge is 2.53.